The van der Waals surface area contributed by atoms with Crippen molar-refractivity contribution in [2.45, 2.75) is 26.4 Å². The zero-order valence-corrected chi connectivity index (χ0v) is 17.7. The fraction of sp³-hybridized carbons (Fsp3) is 0.208. The van der Waals surface area contributed by atoms with Gasteiger partial charge < -0.3 is 9.47 Å². The molecule has 0 bridgehead atoms. The predicted molar refractivity (Wildman–Crippen MR) is 115 cm³/mol. The third kappa shape index (κ3) is 5.91. The molecule has 29 heavy (non-hydrogen) atoms. The Bertz CT molecular complexity index is 953. The number of esters is 1. The van der Waals surface area contributed by atoms with E-state index in [1.54, 1.807) is 13.0 Å². The third-order valence-electron chi connectivity index (χ3n) is 4.50. The summed E-state index contributed by atoms with van der Waals surface area (Å²) >= 11 is 3.42. The molecule has 0 saturated heterocycles. The van der Waals surface area contributed by atoms with Crippen LogP contribution in [-0.4, -0.2) is 12.6 Å². The van der Waals surface area contributed by atoms with Gasteiger partial charge in [-0.2, -0.15) is 0 Å². The van der Waals surface area contributed by atoms with E-state index in [-0.39, 0.29) is 18.4 Å². The Kier molecular flexibility index (Phi) is 7.42. The summed E-state index contributed by atoms with van der Waals surface area (Å²) in [5.41, 5.74) is 3.28. The van der Waals surface area contributed by atoms with E-state index in [0.717, 1.165) is 21.2 Å². The summed E-state index contributed by atoms with van der Waals surface area (Å²) in [5, 5.41) is 0. The molecule has 0 N–H and O–H groups in total. The minimum Gasteiger partial charge on any atom is -0.489 e. The first-order chi connectivity index (χ1) is 14.1. The summed E-state index contributed by atoms with van der Waals surface area (Å²) in [7, 11) is 0. The summed E-state index contributed by atoms with van der Waals surface area (Å²) < 4.78 is 26.2. The van der Waals surface area contributed by atoms with Gasteiger partial charge in [-0.05, 0) is 60.4 Å². The highest BCUT2D eigenvalue weighted by molar-refractivity contribution is 9.10. The molecule has 3 rings (SSSR count). The summed E-state index contributed by atoms with van der Waals surface area (Å²) in [4.78, 5) is 11.5. The molecule has 150 valence electrons. The molecular weight excluding hydrogens is 435 g/mol. The average Bonchev–Trinajstić information content (AvgIpc) is 2.73. The zero-order valence-electron chi connectivity index (χ0n) is 16.2. The molecule has 0 aliphatic rings. The van der Waals surface area contributed by atoms with Crippen molar-refractivity contribution in [1.82, 2.24) is 0 Å². The summed E-state index contributed by atoms with van der Waals surface area (Å²) in [6.07, 6.45) is 0.958. The van der Waals surface area contributed by atoms with E-state index in [2.05, 4.69) is 15.9 Å². The molecule has 3 aromatic rings. The second-order valence-electron chi connectivity index (χ2n) is 6.51. The van der Waals surface area contributed by atoms with Crippen LogP contribution in [0.2, 0.25) is 0 Å². The topological polar surface area (TPSA) is 35.5 Å². The summed E-state index contributed by atoms with van der Waals surface area (Å²) in [5.74, 6) is 0.152. The SMILES string of the molecule is CCOC(=O)CCc1ccc(OCc2c(F)cccc2-c2ccc(Br)cc2)cc1. The van der Waals surface area contributed by atoms with E-state index in [9.17, 15) is 9.18 Å². The highest BCUT2D eigenvalue weighted by Crippen LogP contribution is 2.28. The zero-order chi connectivity index (χ0) is 20.6. The van der Waals surface area contributed by atoms with Crippen molar-refractivity contribution in [2.24, 2.45) is 0 Å². The van der Waals surface area contributed by atoms with Gasteiger partial charge in [-0.3, -0.25) is 4.79 Å². The molecule has 0 unspecified atom stereocenters. The van der Waals surface area contributed by atoms with Crippen LogP contribution in [0, 0.1) is 5.82 Å². The number of benzene rings is 3. The van der Waals surface area contributed by atoms with E-state index >= 15 is 0 Å². The van der Waals surface area contributed by atoms with Gasteiger partial charge in [-0.15, -0.1) is 0 Å². The maximum atomic E-state index is 14.5. The van der Waals surface area contributed by atoms with Gasteiger partial charge in [0.1, 0.15) is 18.2 Å². The van der Waals surface area contributed by atoms with Crippen molar-refractivity contribution in [3.05, 3.63) is 88.1 Å². The maximum absolute atomic E-state index is 14.5. The first kappa shape index (κ1) is 21.1. The lowest BCUT2D eigenvalue weighted by molar-refractivity contribution is -0.143. The molecule has 0 amide bonds. The van der Waals surface area contributed by atoms with E-state index < -0.39 is 0 Å². The first-order valence-electron chi connectivity index (χ1n) is 9.47. The Labute approximate surface area is 178 Å². The van der Waals surface area contributed by atoms with Gasteiger partial charge in [0.05, 0.1) is 6.61 Å². The average molecular weight is 457 g/mol. The molecule has 0 spiro atoms. The van der Waals surface area contributed by atoms with Gasteiger partial charge in [-0.25, -0.2) is 4.39 Å². The molecule has 3 aromatic carbocycles. The molecule has 0 radical (unpaired) electrons. The number of ether oxygens (including phenoxy) is 2. The first-order valence-corrected chi connectivity index (χ1v) is 10.3. The van der Waals surface area contributed by atoms with Gasteiger partial charge >= 0.3 is 5.97 Å². The molecule has 0 aliphatic carbocycles. The van der Waals surface area contributed by atoms with Crippen molar-refractivity contribution >= 4 is 21.9 Å². The summed E-state index contributed by atoms with van der Waals surface area (Å²) in [6, 6.07) is 20.3. The van der Waals surface area contributed by atoms with Crippen molar-refractivity contribution in [1.29, 1.82) is 0 Å². The van der Waals surface area contributed by atoms with Gasteiger partial charge in [0.2, 0.25) is 0 Å². The number of hydrogen-bond donors (Lipinski definition) is 0. The van der Waals surface area contributed by atoms with E-state index in [0.29, 0.717) is 30.8 Å². The lowest BCUT2D eigenvalue weighted by Gasteiger charge is -2.13. The highest BCUT2D eigenvalue weighted by atomic mass is 79.9. The molecule has 0 heterocycles. The molecule has 0 saturated carbocycles. The van der Waals surface area contributed by atoms with Crippen molar-refractivity contribution < 1.29 is 18.7 Å². The van der Waals surface area contributed by atoms with Crippen LogP contribution in [0.5, 0.6) is 5.75 Å². The Hall–Kier alpha value is -2.66. The Morgan fingerprint density at radius 3 is 2.41 bits per heavy atom. The number of carbonyl (C=O) groups is 1. The van der Waals surface area contributed by atoms with Crippen LogP contribution in [0.4, 0.5) is 4.39 Å². The lowest BCUT2D eigenvalue weighted by Crippen LogP contribution is -2.05. The van der Waals surface area contributed by atoms with E-state index in [1.807, 2.05) is 54.6 Å². The fourth-order valence-electron chi connectivity index (χ4n) is 2.99. The van der Waals surface area contributed by atoms with Crippen LogP contribution in [0.1, 0.15) is 24.5 Å². The van der Waals surface area contributed by atoms with Crippen LogP contribution >= 0.6 is 15.9 Å². The standard InChI is InChI=1S/C24H22BrFO3/c1-2-28-24(27)15-8-17-6-13-20(14-7-17)29-16-22-21(4-3-5-23(22)26)18-9-11-19(25)12-10-18/h3-7,9-14H,2,8,15-16H2,1H3. The quantitative estimate of drug-likeness (QED) is 0.371. The van der Waals surface area contributed by atoms with Gasteiger partial charge in [0.15, 0.2) is 0 Å². The van der Waals surface area contributed by atoms with Crippen molar-refractivity contribution in [3.63, 3.8) is 0 Å². The molecular formula is C24H22BrFO3. The van der Waals surface area contributed by atoms with Crippen molar-refractivity contribution in [3.8, 4) is 16.9 Å². The van der Waals surface area contributed by atoms with Crippen LogP contribution in [0.25, 0.3) is 11.1 Å². The smallest absolute Gasteiger partial charge is 0.306 e. The molecule has 0 aromatic heterocycles. The number of hydrogen-bond acceptors (Lipinski definition) is 3. The molecule has 0 aliphatic heterocycles. The minimum atomic E-state index is -0.295. The molecule has 0 fully saturated rings. The number of carbonyl (C=O) groups excluding carboxylic acids is 1. The predicted octanol–water partition coefficient (Wildman–Crippen LogP) is 6.33. The number of rotatable bonds is 8. The molecule has 3 nitrogen and oxygen atoms in total. The Balaban J connectivity index is 1.67. The van der Waals surface area contributed by atoms with E-state index in [1.165, 1.54) is 6.07 Å². The Morgan fingerprint density at radius 1 is 1.00 bits per heavy atom. The van der Waals surface area contributed by atoms with Crippen LogP contribution < -0.4 is 4.74 Å². The van der Waals surface area contributed by atoms with Gasteiger partial charge in [0, 0.05) is 16.5 Å². The van der Waals surface area contributed by atoms with Crippen LogP contribution in [0.15, 0.2) is 71.2 Å². The highest BCUT2D eigenvalue weighted by Gasteiger charge is 2.11. The largest absolute Gasteiger partial charge is 0.489 e. The fourth-order valence-corrected chi connectivity index (χ4v) is 3.26. The third-order valence-corrected chi connectivity index (χ3v) is 5.03. The normalized spacial score (nSPS) is 10.6. The monoisotopic (exact) mass is 456 g/mol. The Morgan fingerprint density at radius 2 is 1.72 bits per heavy atom. The van der Waals surface area contributed by atoms with Crippen LogP contribution in [0.3, 0.4) is 0 Å². The molecule has 0 atom stereocenters. The van der Waals surface area contributed by atoms with Crippen LogP contribution in [-0.2, 0) is 22.6 Å². The van der Waals surface area contributed by atoms with Gasteiger partial charge in [0.25, 0.3) is 0 Å². The maximum Gasteiger partial charge on any atom is 0.306 e. The number of halogens is 2. The second-order valence-corrected chi connectivity index (χ2v) is 7.43. The van der Waals surface area contributed by atoms with Crippen molar-refractivity contribution in [2.75, 3.05) is 6.61 Å². The van der Waals surface area contributed by atoms with Gasteiger partial charge in [-0.1, -0.05) is 52.3 Å². The molecule has 5 heteroatoms. The summed E-state index contributed by atoms with van der Waals surface area (Å²) in [6.45, 7) is 2.31. The minimum absolute atomic E-state index is 0.125. The van der Waals surface area contributed by atoms with E-state index in [4.69, 9.17) is 9.47 Å². The second kappa shape index (κ2) is 10.2. The lowest BCUT2D eigenvalue weighted by atomic mass is 10.00. The number of aryl methyl sites for hydroxylation is 1.